The number of amides is 1. The molecule has 0 unspecified atom stereocenters. The second-order valence-electron chi connectivity index (χ2n) is 4.49. The van der Waals surface area contributed by atoms with Gasteiger partial charge in [-0.2, -0.15) is 0 Å². The summed E-state index contributed by atoms with van der Waals surface area (Å²) in [6.45, 7) is 3.18. The van der Waals surface area contributed by atoms with Gasteiger partial charge in [-0.05, 0) is 18.1 Å². The second-order valence-corrected chi connectivity index (χ2v) is 4.89. The Labute approximate surface area is 128 Å². The summed E-state index contributed by atoms with van der Waals surface area (Å²) in [6.07, 6.45) is 3.88. The van der Waals surface area contributed by atoms with Gasteiger partial charge in [0, 0.05) is 18.1 Å². The number of rotatable bonds is 6. The number of hydrogen-bond acceptors (Lipinski definition) is 4. The Morgan fingerprint density at radius 3 is 2.71 bits per heavy atom. The molecule has 21 heavy (non-hydrogen) atoms. The molecule has 110 valence electrons. The number of hydrogen-bond donors (Lipinski definition) is 2. The topological polar surface area (TPSA) is 66.9 Å². The van der Waals surface area contributed by atoms with Crippen molar-refractivity contribution in [1.29, 1.82) is 0 Å². The van der Waals surface area contributed by atoms with Crippen LogP contribution in [0.25, 0.3) is 0 Å². The highest BCUT2D eigenvalue weighted by Gasteiger charge is 2.07. The highest BCUT2D eigenvalue weighted by atomic mass is 35.5. The SMILES string of the molecule is CCCNC(=O)c1cnc(NCc2ccccc2Cl)cn1. The van der Waals surface area contributed by atoms with E-state index in [9.17, 15) is 4.79 Å². The highest BCUT2D eigenvalue weighted by molar-refractivity contribution is 6.31. The number of benzene rings is 1. The molecule has 0 fully saturated rings. The molecular weight excluding hydrogens is 288 g/mol. The summed E-state index contributed by atoms with van der Waals surface area (Å²) in [5.74, 6) is 0.393. The summed E-state index contributed by atoms with van der Waals surface area (Å²) in [7, 11) is 0. The molecule has 0 saturated heterocycles. The average Bonchev–Trinajstić information content (AvgIpc) is 2.52. The maximum atomic E-state index is 11.7. The number of carbonyl (C=O) groups is 1. The lowest BCUT2D eigenvalue weighted by Gasteiger charge is -2.07. The number of anilines is 1. The maximum Gasteiger partial charge on any atom is 0.271 e. The Bertz CT molecular complexity index is 601. The van der Waals surface area contributed by atoms with Crippen molar-refractivity contribution in [2.75, 3.05) is 11.9 Å². The molecule has 5 nitrogen and oxygen atoms in total. The normalized spacial score (nSPS) is 10.2. The predicted molar refractivity (Wildman–Crippen MR) is 83.4 cm³/mol. The minimum Gasteiger partial charge on any atom is -0.365 e. The van der Waals surface area contributed by atoms with Crippen molar-refractivity contribution in [2.45, 2.75) is 19.9 Å². The number of halogens is 1. The van der Waals surface area contributed by atoms with Crippen LogP contribution in [-0.2, 0) is 6.54 Å². The first-order chi connectivity index (χ1) is 10.2. The zero-order chi connectivity index (χ0) is 15.1. The van der Waals surface area contributed by atoms with Crippen LogP contribution in [0, 0.1) is 0 Å². The molecule has 0 aliphatic rings. The van der Waals surface area contributed by atoms with E-state index < -0.39 is 0 Å². The molecular formula is C15H17ClN4O. The first-order valence-corrected chi connectivity index (χ1v) is 7.16. The van der Waals surface area contributed by atoms with E-state index in [1.165, 1.54) is 12.4 Å². The van der Waals surface area contributed by atoms with Gasteiger partial charge in [-0.25, -0.2) is 9.97 Å². The zero-order valence-corrected chi connectivity index (χ0v) is 12.5. The van der Waals surface area contributed by atoms with Crippen molar-refractivity contribution < 1.29 is 4.79 Å². The Morgan fingerprint density at radius 2 is 2.05 bits per heavy atom. The zero-order valence-electron chi connectivity index (χ0n) is 11.8. The van der Waals surface area contributed by atoms with Gasteiger partial charge < -0.3 is 10.6 Å². The lowest BCUT2D eigenvalue weighted by Crippen LogP contribution is -2.25. The van der Waals surface area contributed by atoms with Crippen LogP contribution < -0.4 is 10.6 Å². The third kappa shape index (κ3) is 4.43. The van der Waals surface area contributed by atoms with Crippen molar-refractivity contribution in [3.8, 4) is 0 Å². The molecule has 0 radical (unpaired) electrons. The fourth-order valence-electron chi connectivity index (χ4n) is 1.69. The standard InChI is InChI=1S/C15H17ClN4O/c1-2-7-17-15(21)13-9-20-14(10-18-13)19-8-11-5-3-4-6-12(11)16/h3-6,9-10H,2,7-8H2,1H3,(H,17,21)(H,19,20). The highest BCUT2D eigenvalue weighted by Crippen LogP contribution is 2.15. The quantitative estimate of drug-likeness (QED) is 0.861. The van der Waals surface area contributed by atoms with Crippen molar-refractivity contribution >= 4 is 23.3 Å². The van der Waals surface area contributed by atoms with Crippen LogP contribution >= 0.6 is 11.6 Å². The molecule has 1 heterocycles. The van der Waals surface area contributed by atoms with Crippen LogP contribution in [0.4, 0.5) is 5.82 Å². The van der Waals surface area contributed by atoms with Gasteiger partial charge in [0.25, 0.3) is 5.91 Å². The summed E-state index contributed by atoms with van der Waals surface area (Å²) in [4.78, 5) is 20.0. The summed E-state index contributed by atoms with van der Waals surface area (Å²) < 4.78 is 0. The lowest BCUT2D eigenvalue weighted by atomic mass is 10.2. The Morgan fingerprint density at radius 1 is 1.24 bits per heavy atom. The second kappa shape index (κ2) is 7.59. The summed E-state index contributed by atoms with van der Waals surface area (Å²) in [5, 5.41) is 6.58. The van der Waals surface area contributed by atoms with Crippen LogP contribution in [0.2, 0.25) is 5.02 Å². The summed E-state index contributed by atoms with van der Waals surface area (Å²) >= 11 is 6.08. The van der Waals surface area contributed by atoms with Crippen LogP contribution in [-0.4, -0.2) is 22.4 Å². The molecule has 0 atom stereocenters. The molecule has 6 heteroatoms. The molecule has 2 N–H and O–H groups in total. The van der Waals surface area contributed by atoms with E-state index in [2.05, 4.69) is 20.6 Å². The lowest BCUT2D eigenvalue weighted by molar-refractivity contribution is 0.0948. The molecule has 2 aromatic rings. The van der Waals surface area contributed by atoms with E-state index in [-0.39, 0.29) is 5.91 Å². The van der Waals surface area contributed by atoms with Gasteiger partial charge in [0.15, 0.2) is 0 Å². The molecule has 1 aromatic carbocycles. The van der Waals surface area contributed by atoms with E-state index in [1.807, 2.05) is 31.2 Å². The van der Waals surface area contributed by atoms with E-state index in [1.54, 1.807) is 0 Å². The van der Waals surface area contributed by atoms with Crippen LogP contribution in [0.5, 0.6) is 0 Å². The number of carbonyl (C=O) groups excluding carboxylic acids is 1. The first-order valence-electron chi connectivity index (χ1n) is 6.78. The monoisotopic (exact) mass is 304 g/mol. The van der Waals surface area contributed by atoms with Crippen molar-refractivity contribution in [2.24, 2.45) is 0 Å². The van der Waals surface area contributed by atoms with Crippen molar-refractivity contribution in [1.82, 2.24) is 15.3 Å². The minimum atomic E-state index is -0.206. The largest absolute Gasteiger partial charge is 0.365 e. The fourth-order valence-corrected chi connectivity index (χ4v) is 1.90. The first kappa shape index (κ1) is 15.3. The van der Waals surface area contributed by atoms with Gasteiger partial charge in [-0.15, -0.1) is 0 Å². The summed E-state index contributed by atoms with van der Waals surface area (Å²) in [6, 6.07) is 7.59. The molecule has 2 rings (SSSR count). The van der Waals surface area contributed by atoms with Crippen LogP contribution in [0.15, 0.2) is 36.7 Å². The van der Waals surface area contributed by atoms with Crippen LogP contribution in [0.1, 0.15) is 29.4 Å². The third-order valence-corrected chi connectivity index (χ3v) is 3.21. The van der Waals surface area contributed by atoms with E-state index in [0.29, 0.717) is 29.6 Å². The maximum absolute atomic E-state index is 11.7. The minimum absolute atomic E-state index is 0.206. The number of aromatic nitrogens is 2. The van der Waals surface area contributed by atoms with Crippen molar-refractivity contribution in [3.63, 3.8) is 0 Å². The van der Waals surface area contributed by atoms with Gasteiger partial charge in [-0.3, -0.25) is 4.79 Å². The molecule has 0 aliphatic carbocycles. The predicted octanol–water partition coefficient (Wildman–Crippen LogP) is 2.88. The molecule has 1 aromatic heterocycles. The number of nitrogens with one attached hydrogen (secondary N) is 2. The Hall–Kier alpha value is -2.14. The Balaban J connectivity index is 1.93. The van der Waals surface area contributed by atoms with Gasteiger partial charge >= 0.3 is 0 Å². The van der Waals surface area contributed by atoms with Gasteiger partial charge in [0.1, 0.15) is 11.5 Å². The summed E-state index contributed by atoms with van der Waals surface area (Å²) in [5.41, 5.74) is 1.29. The molecule has 0 aliphatic heterocycles. The molecule has 1 amide bonds. The van der Waals surface area contributed by atoms with Gasteiger partial charge in [-0.1, -0.05) is 36.7 Å². The smallest absolute Gasteiger partial charge is 0.271 e. The van der Waals surface area contributed by atoms with E-state index >= 15 is 0 Å². The average molecular weight is 305 g/mol. The van der Waals surface area contributed by atoms with E-state index in [4.69, 9.17) is 11.6 Å². The van der Waals surface area contributed by atoms with Crippen molar-refractivity contribution in [3.05, 3.63) is 52.9 Å². The fraction of sp³-hybridized carbons (Fsp3) is 0.267. The van der Waals surface area contributed by atoms with Crippen LogP contribution in [0.3, 0.4) is 0 Å². The molecule has 0 spiro atoms. The number of nitrogens with zero attached hydrogens (tertiary/aromatic N) is 2. The Kier molecular flexibility index (Phi) is 5.51. The third-order valence-electron chi connectivity index (χ3n) is 2.84. The van der Waals surface area contributed by atoms with Gasteiger partial charge in [0.2, 0.25) is 0 Å². The van der Waals surface area contributed by atoms with Gasteiger partial charge in [0.05, 0.1) is 12.4 Å². The molecule has 0 bridgehead atoms. The molecule has 0 saturated carbocycles. The van der Waals surface area contributed by atoms with E-state index in [0.717, 1.165) is 12.0 Å².